The van der Waals surface area contributed by atoms with Crippen molar-refractivity contribution < 1.29 is 14.3 Å². The molecule has 0 heterocycles. The van der Waals surface area contributed by atoms with E-state index in [9.17, 15) is 9.90 Å². The number of aliphatic carboxylic acids is 1. The summed E-state index contributed by atoms with van der Waals surface area (Å²) in [6, 6.07) is 27.2. The van der Waals surface area contributed by atoms with Gasteiger partial charge in [0, 0.05) is 16.9 Å². The molecule has 0 aliphatic heterocycles. The third-order valence-corrected chi connectivity index (χ3v) is 5.34. The second kappa shape index (κ2) is 7.36. The second-order valence-electron chi connectivity index (χ2n) is 7.31. The lowest BCUT2D eigenvalue weighted by atomic mass is 9.61. The largest absolute Gasteiger partial charge is 0.479 e. The van der Waals surface area contributed by atoms with Gasteiger partial charge < -0.3 is 5.11 Å². The number of carbonyl (C=O) groups is 1. The van der Waals surface area contributed by atoms with E-state index in [4.69, 9.17) is 0 Å². The Hall–Kier alpha value is -2.94. The number of rotatable bonds is 6. The quantitative estimate of drug-likeness (QED) is 0.602. The van der Waals surface area contributed by atoms with Gasteiger partial charge in [-0.1, -0.05) is 105 Å². The summed E-state index contributed by atoms with van der Waals surface area (Å²) in [4.78, 5) is 12.3. The van der Waals surface area contributed by atoms with E-state index in [2.05, 4.69) is 0 Å². The molecular weight excluding hydrogens is 339 g/mol. The minimum Gasteiger partial charge on any atom is -0.479 e. The Kier molecular flexibility index (Phi) is 5.13. The number of carboxylic acid groups (broad SMARTS) is 1. The number of hydrogen-bond donors (Lipinski definition) is 1. The van der Waals surface area contributed by atoms with Crippen molar-refractivity contribution in [3.8, 4) is 0 Å². The summed E-state index contributed by atoms with van der Waals surface area (Å²) in [5.74, 6) is -1.92. The molecule has 0 aliphatic carbocycles. The molecular formula is C24H23FO2. The Balaban J connectivity index is 2.24. The van der Waals surface area contributed by atoms with Gasteiger partial charge in [-0.3, -0.25) is 0 Å². The fourth-order valence-corrected chi connectivity index (χ4v) is 3.95. The van der Waals surface area contributed by atoms with Crippen LogP contribution in [0.15, 0.2) is 91.0 Å². The molecule has 0 fully saturated rings. The highest BCUT2D eigenvalue weighted by Crippen LogP contribution is 2.54. The minimum absolute atomic E-state index is 0.152. The fraction of sp³-hybridized carbons (Fsp3) is 0.208. The average molecular weight is 362 g/mol. The molecule has 2 nitrogen and oxygen atoms in total. The summed E-state index contributed by atoms with van der Waals surface area (Å²) in [6.45, 7) is 3.39. The molecule has 0 radical (unpaired) electrons. The van der Waals surface area contributed by atoms with Crippen LogP contribution in [0.4, 0.5) is 4.39 Å². The maximum atomic E-state index is 16.4. The van der Waals surface area contributed by atoms with Crippen LogP contribution >= 0.6 is 0 Å². The van der Waals surface area contributed by atoms with Crippen LogP contribution in [-0.2, 0) is 10.5 Å². The Morgan fingerprint density at radius 1 is 0.778 bits per heavy atom. The molecule has 1 unspecified atom stereocenters. The van der Waals surface area contributed by atoms with E-state index >= 15 is 4.39 Å². The molecule has 3 aromatic rings. The maximum absolute atomic E-state index is 16.4. The first-order valence-corrected chi connectivity index (χ1v) is 8.96. The van der Waals surface area contributed by atoms with E-state index in [-0.39, 0.29) is 5.56 Å². The Bertz CT molecular complexity index is 852. The summed E-state index contributed by atoms with van der Waals surface area (Å²) >= 11 is 0. The lowest BCUT2D eigenvalue weighted by molar-refractivity contribution is -0.162. The van der Waals surface area contributed by atoms with Crippen molar-refractivity contribution in [2.45, 2.75) is 25.4 Å². The van der Waals surface area contributed by atoms with Crippen molar-refractivity contribution in [3.63, 3.8) is 0 Å². The lowest BCUT2D eigenvalue weighted by Gasteiger charge is -2.44. The zero-order valence-corrected chi connectivity index (χ0v) is 15.5. The first-order valence-electron chi connectivity index (χ1n) is 8.96. The Morgan fingerprint density at radius 2 is 1.15 bits per heavy atom. The summed E-state index contributed by atoms with van der Waals surface area (Å²) in [6.07, 6.45) is 0. The smallest absolute Gasteiger partial charge is 0.346 e. The Morgan fingerprint density at radius 3 is 1.52 bits per heavy atom. The normalized spacial score (nSPS) is 13.9. The zero-order chi connectivity index (χ0) is 19.5. The van der Waals surface area contributed by atoms with Crippen molar-refractivity contribution in [2.75, 3.05) is 0 Å². The minimum atomic E-state index is -2.56. The molecule has 0 bridgehead atoms. The highest BCUT2D eigenvalue weighted by molar-refractivity contribution is 5.81. The van der Waals surface area contributed by atoms with Crippen LogP contribution in [0.5, 0.6) is 0 Å². The molecule has 0 aromatic heterocycles. The molecule has 138 valence electrons. The van der Waals surface area contributed by atoms with Crippen molar-refractivity contribution >= 4 is 5.97 Å². The van der Waals surface area contributed by atoms with E-state index in [1.807, 2.05) is 60.7 Å². The van der Waals surface area contributed by atoms with Crippen LogP contribution < -0.4 is 0 Å². The summed E-state index contributed by atoms with van der Waals surface area (Å²) in [5.41, 5.74) is -1.91. The molecule has 27 heavy (non-hydrogen) atoms. The molecule has 0 saturated heterocycles. The SMILES string of the molecule is CC(C)(C(c1ccccc1)c1ccccc1)C(F)(C(=O)O)c1ccccc1. The van der Waals surface area contributed by atoms with Gasteiger partial charge in [0.05, 0.1) is 0 Å². The van der Waals surface area contributed by atoms with Gasteiger partial charge in [0.2, 0.25) is 5.67 Å². The number of alkyl halides is 1. The van der Waals surface area contributed by atoms with E-state index in [0.29, 0.717) is 0 Å². The van der Waals surface area contributed by atoms with E-state index in [1.54, 1.807) is 44.2 Å². The molecule has 3 aromatic carbocycles. The number of benzene rings is 3. The van der Waals surface area contributed by atoms with Gasteiger partial charge in [0.15, 0.2) is 0 Å². The molecule has 3 rings (SSSR count). The van der Waals surface area contributed by atoms with Crippen molar-refractivity contribution in [1.29, 1.82) is 0 Å². The van der Waals surface area contributed by atoms with Crippen molar-refractivity contribution in [1.82, 2.24) is 0 Å². The highest BCUT2D eigenvalue weighted by Gasteiger charge is 2.57. The van der Waals surface area contributed by atoms with Crippen LogP contribution in [0, 0.1) is 5.41 Å². The van der Waals surface area contributed by atoms with Gasteiger partial charge >= 0.3 is 5.97 Å². The Labute approximate surface area is 159 Å². The molecule has 1 atom stereocenters. The van der Waals surface area contributed by atoms with E-state index < -0.39 is 23.0 Å². The standard InChI is InChI=1S/C24H23FO2/c1-23(2,24(25,22(26)27)20-16-10-5-11-17-20)21(18-12-6-3-7-13-18)19-14-8-4-9-15-19/h3-17,21H,1-2H3,(H,26,27). The van der Waals surface area contributed by atoms with Crippen LogP contribution in [0.2, 0.25) is 0 Å². The van der Waals surface area contributed by atoms with Crippen LogP contribution in [0.1, 0.15) is 36.5 Å². The monoisotopic (exact) mass is 362 g/mol. The van der Waals surface area contributed by atoms with E-state index in [0.717, 1.165) is 11.1 Å². The number of halogens is 1. The molecule has 0 saturated carbocycles. The summed E-state index contributed by atoms with van der Waals surface area (Å²) in [5, 5.41) is 9.99. The molecule has 0 spiro atoms. The van der Waals surface area contributed by atoms with Gasteiger partial charge in [0.1, 0.15) is 0 Å². The highest BCUT2D eigenvalue weighted by atomic mass is 19.1. The summed E-state index contributed by atoms with van der Waals surface area (Å²) < 4.78 is 16.4. The average Bonchev–Trinajstić information content (AvgIpc) is 2.69. The van der Waals surface area contributed by atoms with Gasteiger partial charge in [-0.2, -0.15) is 0 Å². The molecule has 3 heteroatoms. The molecule has 0 amide bonds. The molecule has 0 aliphatic rings. The summed E-state index contributed by atoms with van der Waals surface area (Å²) in [7, 11) is 0. The lowest BCUT2D eigenvalue weighted by Crippen LogP contribution is -2.48. The first-order chi connectivity index (χ1) is 12.9. The maximum Gasteiger partial charge on any atom is 0.346 e. The zero-order valence-electron chi connectivity index (χ0n) is 15.5. The van der Waals surface area contributed by atoms with Crippen LogP contribution in [0.25, 0.3) is 0 Å². The van der Waals surface area contributed by atoms with Gasteiger partial charge in [-0.25, -0.2) is 9.18 Å². The predicted octanol–water partition coefficient (Wildman–Crippen LogP) is 5.79. The van der Waals surface area contributed by atoms with Crippen LogP contribution in [-0.4, -0.2) is 11.1 Å². The number of hydrogen-bond acceptors (Lipinski definition) is 1. The van der Waals surface area contributed by atoms with E-state index in [1.165, 1.54) is 0 Å². The van der Waals surface area contributed by atoms with Gasteiger partial charge in [0.25, 0.3) is 0 Å². The number of carboxylic acids is 1. The first kappa shape index (κ1) is 18.8. The van der Waals surface area contributed by atoms with Gasteiger partial charge in [-0.15, -0.1) is 0 Å². The van der Waals surface area contributed by atoms with Gasteiger partial charge in [-0.05, 0) is 11.1 Å². The van der Waals surface area contributed by atoms with Crippen LogP contribution in [0.3, 0.4) is 0 Å². The van der Waals surface area contributed by atoms with Crippen molar-refractivity contribution in [2.24, 2.45) is 5.41 Å². The van der Waals surface area contributed by atoms with Crippen molar-refractivity contribution in [3.05, 3.63) is 108 Å². The third kappa shape index (κ3) is 3.25. The second-order valence-corrected chi connectivity index (χ2v) is 7.31. The topological polar surface area (TPSA) is 37.3 Å². The fourth-order valence-electron chi connectivity index (χ4n) is 3.95. The third-order valence-electron chi connectivity index (χ3n) is 5.34. The predicted molar refractivity (Wildman–Crippen MR) is 105 cm³/mol. The molecule has 1 N–H and O–H groups in total.